The Hall–Kier alpha value is -1.89. The summed E-state index contributed by atoms with van der Waals surface area (Å²) in [6.45, 7) is 0.329. The molecule has 0 spiro atoms. The number of aromatic nitrogens is 3. The van der Waals surface area contributed by atoms with Crippen LogP contribution in [0.2, 0.25) is 5.02 Å². The number of aliphatic hydroxyl groups is 1. The molecule has 0 aliphatic rings. The zero-order chi connectivity index (χ0) is 16.2. The van der Waals surface area contributed by atoms with E-state index in [0.717, 1.165) is 10.0 Å². The summed E-state index contributed by atoms with van der Waals surface area (Å²) in [5.74, 6) is 1.35. The fourth-order valence-electron chi connectivity index (χ4n) is 2.08. The lowest BCUT2D eigenvalue weighted by molar-refractivity contribution is 0.150. The Kier molecular flexibility index (Phi) is 4.95. The van der Waals surface area contributed by atoms with Gasteiger partial charge in [-0.2, -0.15) is 5.10 Å². The molecule has 1 aromatic heterocycles. The Bertz CT molecular complexity index is 779. The summed E-state index contributed by atoms with van der Waals surface area (Å²) in [6.07, 6.45) is 2.30. The standard InChI is InChI=1S/C16H13BrClN3O2/c17-15-7-13(23-12-3-1-11(18)2-4-12)5-6-14(15)16(22)8-21-10-19-9-20-21/h1-7,9-10,16,22H,8H2. The molecule has 0 saturated heterocycles. The van der Waals surface area contributed by atoms with E-state index in [0.29, 0.717) is 23.1 Å². The lowest BCUT2D eigenvalue weighted by Crippen LogP contribution is -2.09. The number of ether oxygens (including phenoxy) is 1. The molecule has 5 nitrogen and oxygen atoms in total. The van der Waals surface area contributed by atoms with Crippen LogP contribution in [0.5, 0.6) is 11.5 Å². The number of halogens is 2. The zero-order valence-electron chi connectivity index (χ0n) is 11.9. The van der Waals surface area contributed by atoms with Gasteiger partial charge in [0.05, 0.1) is 12.6 Å². The van der Waals surface area contributed by atoms with Crippen LogP contribution < -0.4 is 4.74 Å². The highest BCUT2D eigenvalue weighted by Crippen LogP contribution is 2.31. The Labute approximate surface area is 146 Å². The first kappa shape index (κ1) is 16.0. The minimum absolute atomic E-state index is 0.329. The monoisotopic (exact) mass is 393 g/mol. The van der Waals surface area contributed by atoms with Gasteiger partial charge in [0.2, 0.25) is 0 Å². The Balaban J connectivity index is 1.73. The molecule has 3 aromatic rings. The quantitative estimate of drug-likeness (QED) is 0.704. The van der Waals surface area contributed by atoms with E-state index < -0.39 is 6.10 Å². The van der Waals surface area contributed by atoms with Crippen LogP contribution in [0.3, 0.4) is 0 Å². The lowest BCUT2D eigenvalue weighted by atomic mass is 10.1. The summed E-state index contributed by atoms with van der Waals surface area (Å²) >= 11 is 9.32. The highest BCUT2D eigenvalue weighted by atomic mass is 79.9. The molecule has 0 aliphatic heterocycles. The van der Waals surface area contributed by atoms with Gasteiger partial charge in [-0.1, -0.05) is 33.6 Å². The first-order valence-electron chi connectivity index (χ1n) is 6.85. The van der Waals surface area contributed by atoms with Crippen molar-refractivity contribution in [1.82, 2.24) is 14.8 Å². The van der Waals surface area contributed by atoms with E-state index in [1.54, 1.807) is 41.3 Å². The second-order valence-electron chi connectivity index (χ2n) is 4.87. The van der Waals surface area contributed by atoms with Gasteiger partial charge in [-0.25, -0.2) is 4.98 Å². The minimum Gasteiger partial charge on any atom is -0.457 e. The summed E-state index contributed by atoms with van der Waals surface area (Å²) in [4.78, 5) is 3.86. The van der Waals surface area contributed by atoms with E-state index in [1.807, 2.05) is 12.1 Å². The van der Waals surface area contributed by atoms with Crippen LogP contribution in [0.15, 0.2) is 59.6 Å². The first-order chi connectivity index (χ1) is 11.1. The first-order valence-corrected chi connectivity index (χ1v) is 8.02. The van der Waals surface area contributed by atoms with Gasteiger partial charge in [-0.15, -0.1) is 0 Å². The summed E-state index contributed by atoms with van der Waals surface area (Å²) in [5, 5.41) is 15.0. The molecule has 0 radical (unpaired) electrons. The van der Waals surface area contributed by atoms with E-state index >= 15 is 0 Å². The summed E-state index contributed by atoms with van der Waals surface area (Å²) in [5.41, 5.74) is 0.754. The van der Waals surface area contributed by atoms with E-state index in [2.05, 4.69) is 26.0 Å². The largest absolute Gasteiger partial charge is 0.457 e. The highest BCUT2D eigenvalue weighted by Gasteiger charge is 2.13. The van der Waals surface area contributed by atoms with Gasteiger partial charge < -0.3 is 9.84 Å². The number of benzene rings is 2. The average molecular weight is 395 g/mol. The maximum Gasteiger partial charge on any atom is 0.137 e. The maximum atomic E-state index is 10.3. The predicted octanol–water partition coefficient (Wildman–Crippen LogP) is 4.22. The fraction of sp³-hybridized carbons (Fsp3) is 0.125. The molecule has 3 rings (SSSR count). The summed E-state index contributed by atoms with van der Waals surface area (Å²) < 4.78 is 8.10. The molecule has 1 heterocycles. The SMILES string of the molecule is OC(Cn1cncn1)c1ccc(Oc2ccc(Cl)cc2)cc1Br. The highest BCUT2D eigenvalue weighted by molar-refractivity contribution is 9.10. The molecule has 7 heteroatoms. The van der Waals surface area contributed by atoms with Crippen molar-refractivity contribution >= 4 is 27.5 Å². The molecular weight excluding hydrogens is 382 g/mol. The van der Waals surface area contributed by atoms with Crippen molar-refractivity contribution in [1.29, 1.82) is 0 Å². The smallest absolute Gasteiger partial charge is 0.137 e. The Morgan fingerprint density at radius 2 is 1.91 bits per heavy atom. The lowest BCUT2D eigenvalue weighted by Gasteiger charge is -2.14. The molecule has 23 heavy (non-hydrogen) atoms. The zero-order valence-corrected chi connectivity index (χ0v) is 14.3. The van der Waals surface area contributed by atoms with Gasteiger partial charge in [-0.05, 0) is 42.0 Å². The summed E-state index contributed by atoms with van der Waals surface area (Å²) in [7, 11) is 0. The summed E-state index contributed by atoms with van der Waals surface area (Å²) in [6, 6.07) is 12.6. The van der Waals surface area contributed by atoms with Crippen molar-refractivity contribution in [3.8, 4) is 11.5 Å². The Morgan fingerprint density at radius 1 is 1.17 bits per heavy atom. The van der Waals surface area contributed by atoms with Crippen LogP contribution >= 0.6 is 27.5 Å². The number of aliphatic hydroxyl groups excluding tert-OH is 1. The number of nitrogens with zero attached hydrogens (tertiary/aromatic N) is 3. The maximum absolute atomic E-state index is 10.3. The van der Waals surface area contributed by atoms with Crippen LogP contribution in [-0.2, 0) is 6.54 Å². The van der Waals surface area contributed by atoms with E-state index in [-0.39, 0.29) is 0 Å². The van der Waals surface area contributed by atoms with Gasteiger partial charge in [0.1, 0.15) is 24.2 Å². The van der Waals surface area contributed by atoms with Gasteiger partial charge >= 0.3 is 0 Å². The molecular formula is C16H13BrClN3O2. The number of rotatable bonds is 5. The average Bonchev–Trinajstić information content (AvgIpc) is 3.02. The fourth-order valence-corrected chi connectivity index (χ4v) is 2.83. The molecule has 118 valence electrons. The van der Waals surface area contributed by atoms with Crippen LogP contribution in [0.1, 0.15) is 11.7 Å². The molecule has 1 unspecified atom stereocenters. The molecule has 1 atom stereocenters. The predicted molar refractivity (Wildman–Crippen MR) is 90.6 cm³/mol. The van der Waals surface area contributed by atoms with Crippen molar-refractivity contribution in [2.24, 2.45) is 0 Å². The van der Waals surface area contributed by atoms with Crippen molar-refractivity contribution in [3.63, 3.8) is 0 Å². The normalized spacial score (nSPS) is 12.1. The van der Waals surface area contributed by atoms with Gasteiger partial charge in [-0.3, -0.25) is 4.68 Å². The van der Waals surface area contributed by atoms with Crippen LogP contribution in [0.4, 0.5) is 0 Å². The Morgan fingerprint density at radius 3 is 2.57 bits per heavy atom. The second-order valence-corrected chi connectivity index (χ2v) is 6.16. The van der Waals surface area contributed by atoms with Crippen molar-refractivity contribution in [2.45, 2.75) is 12.6 Å². The molecule has 1 N–H and O–H groups in total. The van der Waals surface area contributed by atoms with Crippen molar-refractivity contribution < 1.29 is 9.84 Å². The van der Waals surface area contributed by atoms with Gasteiger partial charge in [0, 0.05) is 9.50 Å². The van der Waals surface area contributed by atoms with Crippen molar-refractivity contribution in [2.75, 3.05) is 0 Å². The van der Waals surface area contributed by atoms with Gasteiger partial charge in [0.15, 0.2) is 0 Å². The van der Waals surface area contributed by atoms with Crippen molar-refractivity contribution in [3.05, 3.63) is 70.2 Å². The third-order valence-electron chi connectivity index (χ3n) is 3.21. The van der Waals surface area contributed by atoms with E-state index in [1.165, 1.54) is 6.33 Å². The topological polar surface area (TPSA) is 60.2 Å². The molecule has 0 aliphatic carbocycles. The van der Waals surface area contributed by atoms with Crippen LogP contribution in [0, 0.1) is 0 Å². The number of hydrogen-bond acceptors (Lipinski definition) is 4. The molecule has 2 aromatic carbocycles. The third-order valence-corrected chi connectivity index (χ3v) is 4.15. The van der Waals surface area contributed by atoms with E-state index in [9.17, 15) is 5.11 Å². The van der Waals surface area contributed by atoms with Crippen LogP contribution in [0.25, 0.3) is 0 Å². The second kappa shape index (κ2) is 7.12. The van der Waals surface area contributed by atoms with E-state index in [4.69, 9.17) is 16.3 Å². The molecule has 0 saturated carbocycles. The third kappa shape index (κ3) is 4.10. The number of hydrogen-bond donors (Lipinski definition) is 1. The van der Waals surface area contributed by atoms with Gasteiger partial charge in [0.25, 0.3) is 0 Å². The minimum atomic E-state index is -0.698. The van der Waals surface area contributed by atoms with Crippen LogP contribution in [-0.4, -0.2) is 19.9 Å². The molecule has 0 bridgehead atoms. The molecule has 0 amide bonds. The molecule has 0 fully saturated rings.